The highest BCUT2D eigenvalue weighted by molar-refractivity contribution is 5.84. The lowest BCUT2D eigenvalue weighted by Gasteiger charge is -2.22. The fourth-order valence-electron chi connectivity index (χ4n) is 2.61. The summed E-state index contributed by atoms with van der Waals surface area (Å²) in [5, 5.41) is 11.1. The summed E-state index contributed by atoms with van der Waals surface area (Å²) in [6.45, 7) is 1.55. The lowest BCUT2D eigenvalue weighted by atomic mass is 9.92. The van der Waals surface area contributed by atoms with E-state index in [2.05, 4.69) is 0 Å². The van der Waals surface area contributed by atoms with Gasteiger partial charge in [0.2, 0.25) is 0 Å². The van der Waals surface area contributed by atoms with Crippen LogP contribution in [0.2, 0.25) is 0 Å². The Bertz CT molecular complexity index is 936. The molecule has 0 saturated carbocycles. The summed E-state index contributed by atoms with van der Waals surface area (Å²) in [7, 11) is 0. The van der Waals surface area contributed by atoms with Gasteiger partial charge < -0.3 is 15.6 Å². The fraction of sp³-hybridized carbons (Fsp3) is 0.200. The van der Waals surface area contributed by atoms with Crippen LogP contribution in [0.25, 0.3) is 10.8 Å². The van der Waals surface area contributed by atoms with Crippen LogP contribution in [0.3, 0.4) is 0 Å². The molecule has 0 aliphatic rings. The molecule has 0 fully saturated rings. The zero-order valence-electron chi connectivity index (χ0n) is 14.0. The molecule has 6 heteroatoms. The number of alkyl halides is 3. The van der Waals surface area contributed by atoms with Crippen LogP contribution in [0.1, 0.15) is 18.1 Å². The van der Waals surface area contributed by atoms with Gasteiger partial charge in [0.25, 0.3) is 0 Å². The third-order valence-corrected chi connectivity index (χ3v) is 4.20. The molecule has 0 aliphatic heterocycles. The molecule has 0 saturated heterocycles. The van der Waals surface area contributed by atoms with Gasteiger partial charge in [0, 0.05) is 0 Å². The zero-order valence-corrected chi connectivity index (χ0v) is 14.0. The Hall–Kier alpha value is -2.57. The molecule has 3 N–H and O–H groups in total. The van der Waals surface area contributed by atoms with Crippen molar-refractivity contribution in [3.8, 4) is 11.5 Å². The van der Waals surface area contributed by atoms with E-state index in [4.69, 9.17) is 10.5 Å². The maximum atomic E-state index is 12.8. The quantitative estimate of drug-likeness (QED) is 0.701. The van der Waals surface area contributed by atoms with Crippen LogP contribution in [0, 0.1) is 0 Å². The minimum atomic E-state index is -4.42. The number of aliphatic hydroxyl groups excluding tert-OH is 1. The molecule has 1 atom stereocenters. The van der Waals surface area contributed by atoms with Gasteiger partial charge in [-0.15, -0.1) is 0 Å². The standard InChI is InChI=1S/C20H18F3NO2/c1-19(24,12-25)15-7-5-14-10-18(8-6-13(14)9-15)26-17-4-2-3-16(11-17)20(21,22)23/h2-11,25H,12,24H2,1H3. The van der Waals surface area contributed by atoms with Gasteiger partial charge in [0.15, 0.2) is 0 Å². The maximum Gasteiger partial charge on any atom is 0.416 e. The van der Waals surface area contributed by atoms with Crippen molar-refractivity contribution in [3.63, 3.8) is 0 Å². The molecule has 0 radical (unpaired) electrons. The van der Waals surface area contributed by atoms with E-state index >= 15 is 0 Å². The summed E-state index contributed by atoms with van der Waals surface area (Å²) in [4.78, 5) is 0. The molecule has 3 aromatic carbocycles. The van der Waals surface area contributed by atoms with Crippen molar-refractivity contribution in [2.45, 2.75) is 18.6 Å². The van der Waals surface area contributed by atoms with E-state index in [1.807, 2.05) is 18.2 Å². The van der Waals surface area contributed by atoms with Gasteiger partial charge >= 0.3 is 6.18 Å². The predicted molar refractivity (Wildman–Crippen MR) is 94.1 cm³/mol. The number of rotatable bonds is 4. The van der Waals surface area contributed by atoms with E-state index < -0.39 is 17.3 Å². The van der Waals surface area contributed by atoms with Crippen molar-refractivity contribution in [1.29, 1.82) is 0 Å². The summed E-state index contributed by atoms with van der Waals surface area (Å²) in [5.41, 5.74) is 5.23. The van der Waals surface area contributed by atoms with Crippen molar-refractivity contribution < 1.29 is 23.0 Å². The second-order valence-corrected chi connectivity index (χ2v) is 6.43. The fourth-order valence-corrected chi connectivity index (χ4v) is 2.61. The number of nitrogens with two attached hydrogens (primary N) is 1. The number of hydrogen-bond acceptors (Lipinski definition) is 3. The average Bonchev–Trinajstić information content (AvgIpc) is 2.60. The van der Waals surface area contributed by atoms with Crippen LogP contribution < -0.4 is 10.5 Å². The first-order chi connectivity index (χ1) is 12.2. The summed E-state index contributed by atoms with van der Waals surface area (Å²) in [6.07, 6.45) is -4.42. The zero-order chi connectivity index (χ0) is 18.9. The largest absolute Gasteiger partial charge is 0.457 e. The number of benzene rings is 3. The minimum absolute atomic E-state index is 0.116. The van der Waals surface area contributed by atoms with Gasteiger partial charge in [-0.05, 0) is 59.7 Å². The Balaban J connectivity index is 1.89. The molecule has 0 amide bonds. The first-order valence-corrected chi connectivity index (χ1v) is 7.98. The summed E-state index contributed by atoms with van der Waals surface area (Å²) in [5.74, 6) is 0.549. The van der Waals surface area contributed by atoms with Gasteiger partial charge in [-0.25, -0.2) is 0 Å². The van der Waals surface area contributed by atoms with E-state index in [9.17, 15) is 18.3 Å². The van der Waals surface area contributed by atoms with Crippen molar-refractivity contribution in [2.24, 2.45) is 5.73 Å². The van der Waals surface area contributed by atoms with Crippen LogP contribution in [0.15, 0.2) is 60.7 Å². The van der Waals surface area contributed by atoms with E-state index in [0.29, 0.717) is 5.75 Å². The maximum absolute atomic E-state index is 12.8. The first-order valence-electron chi connectivity index (χ1n) is 7.98. The van der Waals surface area contributed by atoms with Crippen LogP contribution in [0.4, 0.5) is 13.2 Å². The van der Waals surface area contributed by atoms with Crippen LogP contribution in [0.5, 0.6) is 11.5 Å². The van der Waals surface area contributed by atoms with Gasteiger partial charge in [-0.3, -0.25) is 0 Å². The summed E-state index contributed by atoms with van der Waals surface area (Å²) >= 11 is 0. The van der Waals surface area contributed by atoms with Crippen molar-refractivity contribution in [3.05, 3.63) is 71.8 Å². The SMILES string of the molecule is CC(N)(CO)c1ccc2cc(Oc3cccc(C(F)(F)F)c3)ccc2c1. The van der Waals surface area contributed by atoms with E-state index in [0.717, 1.165) is 28.5 Å². The van der Waals surface area contributed by atoms with Gasteiger partial charge in [-0.2, -0.15) is 13.2 Å². The molecule has 26 heavy (non-hydrogen) atoms. The Morgan fingerprint density at radius 2 is 1.54 bits per heavy atom. The Morgan fingerprint density at radius 3 is 2.23 bits per heavy atom. The summed E-state index contributed by atoms with van der Waals surface area (Å²) < 4.78 is 44.0. The lowest BCUT2D eigenvalue weighted by Crippen LogP contribution is -2.36. The normalized spacial score (nSPS) is 14.2. The highest BCUT2D eigenvalue weighted by Gasteiger charge is 2.30. The van der Waals surface area contributed by atoms with Crippen molar-refractivity contribution in [2.75, 3.05) is 6.61 Å². The number of aliphatic hydroxyl groups is 1. The molecular formula is C20H18F3NO2. The predicted octanol–water partition coefficient (Wildman–Crippen LogP) is 4.82. The topological polar surface area (TPSA) is 55.5 Å². The molecule has 0 spiro atoms. The second kappa shape index (κ2) is 6.63. The molecule has 0 heterocycles. The third kappa shape index (κ3) is 3.81. The molecule has 3 aromatic rings. The van der Waals surface area contributed by atoms with Crippen LogP contribution in [-0.2, 0) is 11.7 Å². The lowest BCUT2D eigenvalue weighted by molar-refractivity contribution is -0.137. The molecule has 0 aliphatic carbocycles. The number of ether oxygens (including phenoxy) is 1. The van der Waals surface area contributed by atoms with E-state index in [1.165, 1.54) is 12.1 Å². The van der Waals surface area contributed by atoms with E-state index in [1.54, 1.807) is 25.1 Å². The van der Waals surface area contributed by atoms with Gasteiger partial charge in [0.1, 0.15) is 11.5 Å². The Labute approximate surface area is 148 Å². The van der Waals surface area contributed by atoms with Crippen LogP contribution >= 0.6 is 0 Å². The minimum Gasteiger partial charge on any atom is -0.457 e. The molecule has 0 bridgehead atoms. The molecule has 1 unspecified atom stereocenters. The average molecular weight is 361 g/mol. The monoisotopic (exact) mass is 361 g/mol. The summed E-state index contributed by atoms with van der Waals surface area (Å²) in [6, 6.07) is 15.5. The molecule has 3 nitrogen and oxygen atoms in total. The van der Waals surface area contributed by atoms with Gasteiger partial charge in [-0.1, -0.05) is 24.3 Å². The smallest absolute Gasteiger partial charge is 0.416 e. The molecular weight excluding hydrogens is 343 g/mol. The highest BCUT2D eigenvalue weighted by atomic mass is 19.4. The Morgan fingerprint density at radius 1 is 0.885 bits per heavy atom. The number of hydrogen-bond donors (Lipinski definition) is 2. The first kappa shape index (κ1) is 18.2. The number of fused-ring (bicyclic) bond motifs is 1. The highest BCUT2D eigenvalue weighted by Crippen LogP contribution is 2.33. The van der Waals surface area contributed by atoms with E-state index in [-0.39, 0.29) is 12.4 Å². The molecule has 3 rings (SSSR count). The number of halogens is 3. The molecule has 0 aromatic heterocycles. The van der Waals surface area contributed by atoms with Crippen molar-refractivity contribution in [1.82, 2.24) is 0 Å². The van der Waals surface area contributed by atoms with Crippen molar-refractivity contribution >= 4 is 10.8 Å². The second-order valence-electron chi connectivity index (χ2n) is 6.43. The molecule has 136 valence electrons. The third-order valence-electron chi connectivity index (χ3n) is 4.20. The van der Waals surface area contributed by atoms with Gasteiger partial charge in [0.05, 0.1) is 17.7 Å². The Kier molecular flexibility index (Phi) is 4.64. The van der Waals surface area contributed by atoms with Crippen LogP contribution in [-0.4, -0.2) is 11.7 Å².